The van der Waals surface area contributed by atoms with Crippen LogP contribution in [0.4, 0.5) is 10.2 Å². The maximum atomic E-state index is 13.9. The molecule has 0 amide bonds. The summed E-state index contributed by atoms with van der Waals surface area (Å²) in [5.74, 6) is 0.450. The van der Waals surface area contributed by atoms with Gasteiger partial charge < -0.3 is 14.5 Å². The third kappa shape index (κ3) is 4.33. The van der Waals surface area contributed by atoms with Crippen molar-refractivity contribution in [1.29, 1.82) is 0 Å². The van der Waals surface area contributed by atoms with Gasteiger partial charge in [0.25, 0.3) is 0 Å². The van der Waals surface area contributed by atoms with E-state index in [0.29, 0.717) is 11.7 Å². The monoisotopic (exact) mass is 353 g/mol. The standard InChI is InChI=1S/C17H28FN3O2Si/c1-17(2,3)24(4,5)23-12-13-8-9-21(11-13)15-7-6-14(10-19-22)16(18)20-15/h6-7,10,13,22H,8-9,11-12H2,1-5H3/b19-10-/t13-/m1/s1. The Kier molecular flexibility index (Phi) is 5.65. The molecule has 1 aromatic heterocycles. The van der Waals surface area contributed by atoms with Crippen LogP contribution >= 0.6 is 0 Å². The molecule has 2 heterocycles. The van der Waals surface area contributed by atoms with Gasteiger partial charge in [0, 0.05) is 25.6 Å². The lowest BCUT2D eigenvalue weighted by molar-refractivity contribution is 0.238. The summed E-state index contributed by atoms with van der Waals surface area (Å²) in [4.78, 5) is 6.07. The number of oxime groups is 1. The predicted molar refractivity (Wildman–Crippen MR) is 97.0 cm³/mol. The van der Waals surface area contributed by atoms with Crippen LogP contribution in [0.1, 0.15) is 32.8 Å². The average molecular weight is 354 g/mol. The number of aromatic nitrogens is 1. The second-order valence-electron chi connectivity index (χ2n) is 7.97. The molecule has 0 bridgehead atoms. The van der Waals surface area contributed by atoms with Crippen LogP contribution < -0.4 is 4.90 Å². The lowest BCUT2D eigenvalue weighted by Crippen LogP contribution is -2.42. The molecular formula is C17H28FN3O2Si. The van der Waals surface area contributed by atoms with Gasteiger partial charge in [0.1, 0.15) is 5.82 Å². The smallest absolute Gasteiger partial charge is 0.223 e. The van der Waals surface area contributed by atoms with E-state index in [9.17, 15) is 4.39 Å². The minimum atomic E-state index is -1.73. The van der Waals surface area contributed by atoms with Crippen molar-refractivity contribution in [2.24, 2.45) is 11.1 Å². The number of anilines is 1. The van der Waals surface area contributed by atoms with Crippen LogP contribution in [-0.4, -0.2) is 44.4 Å². The highest BCUT2D eigenvalue weighted by molar-refractivity contribution is 6.74. The van der Waals surface area contributed by atoms with Crippen LogP contribution in [0.25, 0.3) is 0 Å². The third-order valence-corrected chi connectivity index (χ3v) is 9.66. The third-order valence-electron chi connectivity index (χ3n) is 5.16. The number of rotatable bonds is 5. The van der Waals surface area contributed by atoms with Crippen LogP contribution in [-0.2, 0) is 4.43 Å². The quantitative estimate of drug-likeness (QED) is 0.287. The fourth-order valence-corrected chi connectivity index (χ4v) is 3.57. The summed E-state index contributed by atoms with van der Waals surface area (Å²) in [6, 6.07) is 3.34. The van der Waals surface area contributed by atoms with Gasteiger partial charge in [0.05, 0.1) is 11.8 Å². The van der Waals surface area contributed by atoms with Crippen molar-refractivity contribution in [3.8, 4) is 0 Å². The normalized spacial score (nSPS) is 19.4. The van der Waals surface area contributed by atoms with Crippen LogP contribution in [0.15, 0.2) is 17.3 Å². The number of nitrogens with zero attached hydrogens (tertiary/aromatic N) is 3. The van der Waals surface area contributed by atoms with Gasteiger partial charge in [-0.05, 0) is 36.7 Å². The van der Waals surface area contributed by atoms with Crippen LogP contribution in [0.3, 0.4) is 0 Å². The van der Waals surface area contributed by atoms with Crippen molar-refractivity contribution < 1.29 is 14.0 Å². The molecule has 0 aromatic carbocycles. The van der Waals surface area contributed by atoms with E-state index >= 15 is 0 Å². The Bertz CT molecular complexity index is 602. The van der Waals surface area contributed by atoms with Crippen molar-refractivity contribution in [2.75, 3.05) is 24.6 Å². The van der Waals surface area contributed by atoms with Gasteiger partial charge in [-0.3, -0.25) is 0 Å². The molecule has 5 nitrogen and oxygen atoms in total. The van der Waals surface area contributed by atoms with Crippen molar-refractivity contribution in [2.45, 2.75) is 45.3 Å². The molecule has 24 heavy (non-hydrogen) atoms. The Balaban J connectivity index is 1.95. The summed E-state index contributed by atoms with van der Waals surface area (Å²) < 4.78 is 20.2. The van der Waals surface area contributed by atoms with Gasteiger partial charge in [0.2, 0.25) is 5.95 Å². The first-order valence-electron chi connectivity index (χ1n) is 8.37. The van der Waals surface area contributed by atoms with E-state index in [0.717, 1.165) is 32.3 Å². The molecule has 1 aromatic rings. The molecule has 1 aliphatic heterocycles. The molecule has 2 rings (SSSR count). The Morgan fingerprint density at radius 1 is 1.46 bits per heavy atom. The van der Waals surface area contributed by atoms with Crippen molar-refractivity contribution in [3.63, 3.8) is 0 Å². The molecule has 0 unspecified atom stereocenters. The van der Waals surface area contributed by atoms with Crippen LogP contribution in [0.2, 0.25) is 18.1 Å². The van der Waals surface area contributed by atoms with E-state index in [2.05, 4.69) is 48.9 Å². The Morgan fingerprint density at radius 2 is 2.17 bits per heavy atom. The number of halogens is 1. The fraction of sp³-hybridized carbons (Fsp3) is 0.647. The SMILES string of the molecule is CC(C)(C)[Si](C)(C)OC[C@@H]1CCN(c2ccc(/C=N\O)c(F)n2)C1. The molecular weight excluding hydrogens is 325 g/mol. The van der Waals surface area contributed by atoms with E-state index in [1.807, 2.05) is 0 Å². The highest BCUT2D eigenvalue weighted by atomic mass is 28.4. The van der Waals surface area contributed by atoms with Crippen molar-refractivity contribution in [1.82, 2.24) is 4.98 Å². The lowest BCUT2D eigenvalue weighted by atomic mass is 10.1. The summed E-state index contributed by atoms with van der Waals surface area (Å²) in [6.07, 6.45) is 2.07. The predicted octanol–water partition coefficient (Wildman–Crippen LogP) is 3.88. The van der Waals surface area contributed by atoms with Gasteiger partial charge in [-0.2, -0.15) is 4.39 Å². The highest BCUT2D eigenvalue weighted by Gasteiger charge is 2.38. The number of hydrogen-bond acceptors (Lipinski definition) is 5. The maximum absolute atomic E-state index is 13.9. The zero-order valence-electron chi connectivity index (χ0n) is 15.2. The number of hydrogen-bond donors (Lipinski definition) is 1. The van der Waals surface area contributed by atoms with Gasteiger partial charge in [-0.15, -0.1) is 0 Å². The second kappa shape index (κ2) is 7.19. The summed E-state index contributed by atoms with van der Waals surface area (Å²) >= 11 is 0. The first-order valence-corrected chi connectivity index (χ1v) is 11.3. The largest absolute Gasteiger partial charge is 0.416 e. The fourth-order valence-electron chi connectivity index (χ4n) is 2.49. The van der Waals surface area contributed by atoms with E-state index in [4.69, 9.17) is 9.63 Å². The molecule has 1 N–H and O–H groups in total. The van der Waals surface area contributed by atoms with Gasteiger partial charge in [-0.1, -0.05) is 25.9 Å². The maximum Gasteiger partial charge on any atom is 0.223 e. The van der Waals surface area contributed by atoms with Gasteiger partial charge >= 0.3 is 0 Å². The minimum Gasteiger partial charge on any atom is -0.416 e. The molecule has 1 aliphatic rings. The number of pyridine rings is 1. The highest BCUT2D eigenvalue weighted by Crippen LogP contribution is 2.37. The molecule has 0 saturated carbocycles. The topological polar surface area (TPSA) is 58.0 Å². The molecule has 1 saturated heterocycles. The Morgan fingerprint density at radius 3 is 2.75 bits per heavy atom. The zero-order valence-corrected chi connectivity index (χ0v) is 16.2. The summed E-state index contributed by atoms with van der Waals surface area (Å²) in [7, 11) is -1.73. The van der Waals surface area contributed by atoms with E-state index in [1.165, 1.54) is 0 Å². The van der Waals surface area contributed by atoms with Crippen molar-refractivity contribution in [3.05, 3.63) is 23.6 Å². The average Bonchev–Trinajstić information content (AvgIpc) is 2.95. The van der Waals surface area contributed by atoms with Crippen LogP contribution in [0, 0.1) is 11.9 Å². The molecule has 0 aliphatic carbocycles. The lowest BCUT2D eigenvalue weighted by Gasteiger charge is -2.37. The Labute approximate surface area is 144 Å². The summed E-state index contributed by atoms with van der Waals surface area (Å²) in [5.41, 5.74) is 0.179. The molecule has 1 atom stereocenters. The van der Waals surface area contributed by atoms with Gasteiger partial charge in [0.15, 0.2) is 8.32 Å². The molecule has 134 valence electrons. The first kappa shape index (κ1) is 18.9. The zero-order chi connectivity index (χ0) is 18.0. The second-order valence-corrected chi connectivity index (χ2v) is 12.8. The van der Waals surface area contributed by atoms with Crippen LogP contribution in [0.5, 0.6) is 0 Å². The molecule has 0 radical (unpaired) electrons. The van der Waals surface area contributed by atoms with E-state index < -0.39 is 14.3 Å². The minimum absolute atomic E-state index is 0.179. The first-order chi connectivity index (χ1) is 11.1. The van der Waals surface area contributed by atoms with E-state index in [-0.39, 0.29) is 10.6 Å². The van der Waals surface area contributed by atoms with Crippen molar-refractivity contribution >= 4 is 20.3 Å². The Hall–Kier alpha value is -1.47. The summed E-state index contributed by atoms with van der Waals surface area (Å²) in [5, 5.41) is 11.5. The molecule has 1 fully saturated rings. The molecule has 0 spiro atoms. The van der Waals surface area contributed by atoms with Gasteiger partial charge in [-0.25, -0.2) is 4.98 Å². The summed E-state index contributed by atoms with van der Waals surface area (Å²) in [6.45, 7) is 13.7. The van der Waals surface area contributed by atoms with E-state index in [1.54, 1.807) is 12.1 Å². The molecule has 7 heteroatoms.